The van der Waals surface area contributed by atoms with Gasteiger partial charge >= 0.3 is 6.03 Å². The van der Waals surface area contributed by atoms with Crippen LogP contribution in [-0.4, -0.2) is 33.6 Å². The molecular formula is C22H22ClN5O2S. The van der Waals surface area contributed by atoms with Crippen LogP contribution in [0.1, 0.15) is 44.8 Å². The van der Waals surface area contributed by atoms with Crippen molar-refractivity contribution in [2.75, 3.05) is 17.2 Å². The Kier molecular flexibility index (Phi) is 6.20. The number of likely N-dealkylation sites (tertiary alicyclic amines) is 1. The van der Waals surface area contributed by atoms with Crippen LogP contribution in [0, 0.1) is 13.8 Å². The zero-order chi connectivity index (χ0) is 22.0. The Morgan fingerprint density at radius 3 is 2.61 bits per heavy atom. The quantitative estimate of drug-likeness (QED) is 0.549. The molecule has 2 heterocycles. The third-order valence-corrected chi connectivity index (χ3v) is 6.43. The number of amides is 3. The van der Waals surface area contributed by atoms with Gasteiger partial charge in [0.2, 0.25) is 5.01 Å². The maximum atomic E-state index is 12.9. The van der Waals surface area contributed by atoms with Crippen molar-refractivity contribution in [3.8, 4) is 0 Å². The zero-order valence-corrected chi connectivity index (χ0v) is 18.8. The van der Waals surface area contributed by atoms with Gasteiger partial charge in [0, 0.05) is 22.9 Å². The highest BCUT2D eigenvalue weighted by atomic mass is 35.5. The van der Waals surface area contributed by atoms with E-state index in [0.29, 0.717) is 22.3 Å². The van der Waals surface area contributed by atoms with Crippen LogP contribution >= 0.6 is 22.9 Å². The third-order valence-electron chi connectivity index (χ3n) is 5.16. The standard InChI is InChI=1S/C22H22ClN5O2S/c1-13-5-10-17(14(2)12-13)25-22(30)28-11-3-4-18(28)20-26-27-21(31-20)19(29)24-16-8-6-15(23)7-9-16/h5-10,12,18H,3-4,11H2,1-2H3,(H,24,29)(H,25,30)/t18-/m1/s1. The predicted octanol–water partition coefficient (Wildman–Crippen LogP) is 5.43. The second-order valence-corrected chi connectivity index (χ2v) is 8.95. The Hall–Kier alpha value is -2.97. The Bertz CT molecular complexity index is 1120. The first-order valence-corrected chi connectivity index (χ1v) is 11.2. The summed E-state index contributed by atoms with van der Waals surface area (Å²) in [7, 11) is 0. The number of urea groups is 1. The minimum absolute atomic E-state index is 0.170. The molecule has 0 radical (unpaired) electrons. The summed E-state index contributed by atoms with van der Waals surface area (Å²) in [6, 6.07) is 12.4. The maximum absolute atomic E-state index is 12.9. The van der Waals surface area contributed by atoms with E-state index in [1.807, 2.05) is 32.0 Å². The fourth-order valence-electron chi connectivity index (χ4n) is 3.59. The molecule has 7 nitrogen and oxygen atoms in total. The number of carbonyl (C=O) groups is 2. The molecule has 0 saturated carbocycles. The van der Waals surface area contributed by atoms with Gasteiger partial charge in [-0.3, -0.25) is 4.79 Å². The van der Waals surface area contributed by atoms with Crippen molar-refractivity contribution in [3.05, 3.63) is 68.6 Å². The van der Waals surface area contributed by atoms with Gasteiger partial charge in [-0.05, 0) is 62.6 Å². The average Bonchev–Trinajstić information content (AvgIpc) is 3.41. The molecule has 3 aromatic rings. The summed E-state index contributed by atoms with van der Waals surface area (Å²) in [6.07, 6.45) is 1.66. The lowest BCUT2D eigenvalue weighted by atomic mass is 10.1. The van der Waals surface area contributed by atoms with Gasteiger partial charge in [0.1, 0.15) is 5.01 Å². The van der Waals surface area contributed by atoms with Gasteiger partial charge in [-0.1, -0.05) is 40.6 Å². The van der Waals surface area contributed by atoms with Gasteiger partial charge in [-0.25, -0.2) is 4.79 Å². The highest BCUT2D eigenvalue weighted by Crippen LogP contribution is 2.34. The number of carbonyl (C=O) groups excluding carboxylic acids is 2. The van der Waals surface area contributed by atoms with Gasteiger partial charge < -0.3 is 15.5 Å². The van der Waals surface area contributed by atoms with Crippen LogP contribution in [0.4, 0.5) is 16.2 Å². The number of aromatic nitrogens is 2. The number of nitrogens with zero attached hydrogens (tertiary/aromatic N) is 3. The molecule has 1 aliphatic rings. The van der Waals surface area contributed by atoms with E-state index in [-0.39, 0.29) is 23.0 Å². The lowest BCUT2D eigenvalue weighted by Gasteiger charge is -2.23. The second kappa shape index (κ2) is 9.03. The minimum Gasteiger partial charge on any atom is -0.320 e. The largest absolute Gasteiger partial charge is 0.322 e. The summed E-state index contributed by atoms with van der Waals surface area (Å²) in [5.74, 6) is -0.338. The highest BCUT2D eigenvalue weighted by molar-refractivity contribution is 7.13. The van der Waals surface area contributed by atoms with Crippen LogP contribution < -0.4 is 10.6 Å². The lowest BCUT2D eigenvalue weighted by molar-refractivity contribution is 0.102. The molecule has 1 aromatic heterocycles. The Morgan fingerprint density at radius 1 is 1.10 bits per heavy atom. The smallest absolute Gasteiger partial charge is 0.320 e. The second-order valence-electron chi connectivity index (χ2n) is 7.51. The van der Waals surface area contributed by atoms with E-state index in [1.54, 1.807) is 29.2 Å². The van der Waals surface area contributed by atoms with E-state index in [1.165, 1.54) is 11.3 Å². The van der Waals surface area contributed by atoms with Crippen molar-refractivity contribution in [1.82, 2.24) is 15.1 Å². The molecule has 1 atom stereocenters. The van der Waals surface area contributed by atoms with Crippen LogP contribution in [0.2, 0.25) is 5.02 Å². The molecular weight excluding hydrogens is 434 g/mol. The summed E-state index contributed by atoms with van der Waals surface area (Å²) in [5, 5.41) is 15.6. The molecule has 0 bridgehead atoms. The van der Waals surface area contributed by atoms with Gasteiger partial charge in [0.15, 0.2) is 0 Å². The average molecular weight is 456 g/mol. The Labute approximate surface area is 189 Å². The van der Waals surface area contributed by atoms with Crippen LogP contribution in [0.25, 0.3) is 0 Å². The molecule has 9 heteroatoms. The number of rotatable bonds is 4. The zero-order valence-electron chi connectivity index (χ0n) is 17.2. The number of anilines is 2. The SMILES string of the molecule is Cc1ccc(NC(=O)N2CCC[C@@H]2c2nnc(C(=O)Nc3ccc(Cl)cc3)s2)c(C)c1. The van der Waals surface area contributed by atoms with Crippen LogP contribution in [0.5, 0.6) is 0 Å². The van der Waals surface area contributed by atoms with E-state index in [9.17, 15) is 9.59 Å². The fraction of sp³-hybridized carbons (Fsp3) is 0.273. The normalized spacial score (nSPS) is 15.7. The number of benzene rings is 2. The summed E-state index contributed by atoms with van der Waals surface area (Å²) in [6.45, 7) is 4.62. The van der Waals surface area contributed by atoms with Crippen molar-refractivity contribution in [2.45, 2.75) is 32.7 Å². The van der Waals surface area contributed by atoms with E-state index in [2.05, 4.69) is 20.8 Å². The molecule has 160 valence electrons. The van der Waals surface area contributed by atoms with Crippen LogP contribution in [0.3, 0.4) is 0 Å². The Morgan fingerprint density at radius 2 is 1.87 bits per heavy atom. The van der Waals surface area contributed by atoms with Crippen molar-refractivity contribution >= 4 is 46.3 Å². The highest BCUT2D eigenvalue weighted by Gasteiger charge is 2.33. The number of hydrogen-bond acceptors (Lipinski definition) is 5. The molecule has 31 heavy (non-hydrogen) atoms. The maximum Gasteiger partial charge on any atom is 0.322 e. The topological polar surface area (TPSA) is 87.2 Å². The monoisotopic (exact) mass is 455 g/mol. The number of aryl methyl sites for hydroxylation is 2. The number of halogens is 1. The van der Waals surface area contributed by atoms with Gasteiger partial charge in [0.05, 0.1) is 6.04 Å². The molecule has 1 saturated heterocycles. The van der Waals surface area contributed by atoms with Crippen molar-refractivity contribution in [3.63, 3.8) is 0 Å². The van der Waals surface area contributed by atoms with E-state index in [4.69, 9.17) is 11.6 Å². The molecule has 2 N–H and O–H groups in total. The van der Waals surface area contributed by atoms with E-state index in [0.717, 1.165) is 29.7 Å². The van der Waals surface area contributed by atoms with Crippen molar-refractivity contribution < 1.29 is 9.59 Å². The first kappa shape index (κ1) is 21.3. The van der Waals surface area contributed by atoms with Crippen molar-refractivity contribution in [2.24, 2.45) is 0 Å². The number of nitrogens with one attached hydrogen (secondary N) is 2. The molecule has 0 unspecified atom stereocenters. The molecule has 0 spiro atoms. The molecule has 3 amide bonds. The van der Waals surface area contributed by atoms with Crippen LogP contribution in [0.15, 0.2) is 42.5 Å². The summed E-state index contributed by atoms with van der Waals surface area (Å²) in [4.78, 5) is 27.2. The summed E-state index contributed by atoms with van der Waals surface area (Å²) in [5.41, 5.74) is 3.58. The molecule has 1 fully saturated rings. The lowest BCUT2D eigenvalue weighted by Crippen LogP contribution is -2.34. The first-order chi connectivity index (χ1) is 14.9. The molecule has 4 rings (SSSR count). The van der Waals surface area contributed by atoms with Crippen molar-refractivity contribution in [1.29, 1.82) is 0 Å². The van der Waals surface area contributed by atoms with Gasteiger partial charge in [-0.15, -0.1) is 10.2 Å². The minimum atomic E-state index is -0.338. The van der Waals surface area contributed by atoms with Gasteiger partial charge in [-0.2, -0.15) is 0 Å². The molecule has 0 aliphatic carbocycles. The fourth-order valence-corrected chi connectivity index (χ4v) is 4.60. The molecule has 1 aliphatic heterocycles. The third kappa shape index (κ3) is 4.86. The van der Waals surface area contributed by atoms with Crippen LogP contribution in [-0.2, 0) is 0 Å². The molecule has 2 aromatic carbocycles. The Balaban J connectivity index is 1.45. The summed E-state index contributed by atoms with van der Waals surface area (Å²) < 4.78 is 0. The predicted molar refractivity (Wildman–Crippen MR) is 123 cm³/mol. The first-order valence-electron chi connectivity index (χ1n) is 9.96. The summed E-state index contributed by atoms with van der Waals surface area (Å²) >= 11 is 7.09. The van der Waals surface area contributed by atoms with E-state index < -0.39 is 0 Å². The van der Waals surface area contributed by atoms with E-state index >= 15 is 0 Å². The van der Waals surface area contributed by atoms with Gasteiger partial charge in [0.25, 0.3) is 5.91 Å². The number of hydrogen-bond donors (Lipinski definition) is 2.